The molecule has 18 heavy (non-hydrogen) atoms. The van der Waals surface area contributed by atoms with Gasteiger partial charge in [0.2, 0.25) is 0 Å². The SMILES string of the molecule is O=[N+]([O-])O.O=[N+]([O-])O.O=[N+]([O-])O.O=[N+]([O-])O.[In].[In]. The summed E-state index contributed by atoms with van der Waals surface area (Å²) >= 11 is 0. The van der Waals surface area contributed by atoms with E-state index in [1.807, 2.05) is 0 Å². The third-order valence-electron chi connectivity index (χ3n) is 0. The van der Waals surface area contributed by atoms with E-state index >= 15 is 0 Å². The maximum atomic E-state index is 8.36. The third-order valence-corrected chi connectivity index (χ3v) is 0. The van der Waals surface area contributed by atoms with E-state index in [4.69, 9.17) is 61.3 Å². The van der Waals surface area contributed by atoms with Crippen molar-refractivity contribution in [1.82, 2.24) is 0 Å². The van der Waals surface area contributed by atoms with Gasteiger partial charge in [0.15, 0.2) is 0 Å². The Morgan fingerprint density at radius 3 is 0.500 bits per heavy atom. The van der Waals surface area contributed by atoms with Crippen LogP contribution < -0.4 is 0 Å². The van der Waals surface area contributed by atoms with Crippen molar-refractivity contribution in [3.63, 3.8) is 0 Å². The molecule has 0 aliphatic rings. The molecule has 0 fully saturated rings. The Morgan fingerprint density at radius 1 is 0.500 bits per heavy atom. The van der Waals surface area contributed by atoms with Crippen LogP contribution in [0.25, 0.3) is 0 Å². The summed E-state index contributed by atoms with van der Waals surface area (Å²) in [4.78, 5) is 33.4. The van der Waals surface area contributed by atoms with Crippen LogP contribution in [0.2, 0.25) is 0 Å². The van der Waals surface area contributed by atoms with Crippen LogP contribution in [0.4, 0.5) is 0 Å². The molecular formula is H4In2N4O12. The van der Waals surface area contributed by atoms with Gasteiger partial charge in [0.1, 0.15) is 0 Å². The molecule has 0 unspecified atom stereocenters. The first-order valence-electron chi connectivity index (χ1n) is 2.26. The zero-order valence-corrected chi connectivity index (χ0v) is 14.6. The molecule has 0 saturated heterocycles. The van der Waals surface area contributed by atoms with Crippen molar-refractivity contribution in [2.45, 2.75) is 0 Å². The molecule has 0 spiro atoms. The van der Waals surface area contributed by atoms with Crippen LogP contribution in [0.3, 0.4) is 0 Å². The van der Waals surface area contributed by atoms with Crippen LogP contribution >= 0.6 is 0 Å². The second-order valence-electron chi connectivity index (χ2n) is 0.951. The van der Waals surface area contributed by atoms with E-state index in [0.717, 1.165) is 0 Å². The summed E-state index contributed by atoms with van der Waals surface area (Å²) in [7, 11) is 0. The number of nitrogens with zero attached hydrogens (tertiary/aromatic N) is 4. The molecule has 0 aromatic rings. The molecule has 102 valence electrons. The first-order valence-corrected chi connectivity index (χ1v) is 2.26. The topological polar surface area (TPSA) is 253 Å². The smallest absolute Gasteiger partial charge is 0.291 e. The van der Waals surface area contributed by atoms with Gasteiger partial charge < -0.3 is 20.8 Å². The largest absolute Gasteiger partial charge is 0.328 e. The van der Waals surface area contributed by atoms with Crippen molar-refractivity contribution in [3.05, 3.63) is 40.5 Å². The van der Waals surface area contributed by atoms with E-state index in [9.17, 15) is 0 Å². The van der Waals surface area contributed by atoms with E-state index in [-0.39, 0.29) is 51.7 Å². The van der Waals surface area contributed by atoms with E-state index in [0.29, 0.717) is 0 Å². The molecule has 0 saturated carbocycles. The average Bonchev–Trinajstić information content (AvgIpc) is 1.76. The van der Waals surface area contributed by atoms with Gasteiger partial charge in [0, 0.05) is 51.7 Å². The van der Waals surface area contributed by atoms with E-state index in [1.165, 1.54) is 0 Å². The van der Waals surface area contributed by atoms with Crippen molar-refractivity contribution in [3.8, 4) is 0 Å². The van der Waals surface area contributed by atoms with Crippen LogP contribution in [0.5, 0.6) is 0 Å². The quantitative estimate of drug-likeness (QED) is 0.213. The van der Waals surface area contributed by atoms with Crippen molar-refractivity contribution in [2.24, 2.45) is 0 Å². The average molecular weight is 482 g/mol. The van der Waals surface area contributed by atoms with E-state index < -0.39 is 20.3 Å². The molecule has 0 aliphatic carbocycles. The molecular weight excluding hydrogens is 478 g/mol. The third kappa shape index (κ3) is 1250. The normalized spacial score (nSPS) is 5.33. The van der Waals surface area contributed by atoms with E-state index in [1.54, 1.807) is 0 Å². The van der Waals surface area contributed by atoms with Gasteiger partial charge in [-0.1, -0.05) is 0 Å². The summed E-state index contributed by atoms with van der Waals surface area (Å²) < 4.78 is 0. The standard InChI is InChI=1S/2In.4HNO3/c;;4*2-1(3)4/h;;4*(H,2,3,4). The van der Waals surface area contributed by atoms with Crippen molar-refractivity contribution in [1.29, 1.82) is 0 Å². The second kappa shape index (κ2) is 29.6. The van der Waals surface area contributed by atoms with Gasteiger partial charge in [-0.05, 0) is 0 Å². The number of hydrogen-bond donors (Lipinski definition) is 4. The maximum Gasteiger partial charge on any atom is 0.291 e. The Bertz CT molecular complexity index is 162. The van der Waals surface area contributed by atoms with Gasteiger partial charge in [-0.25, -0.2) is 0 Å². The summed E-state index contributed by atoms with van der Waals surface area (Å²) in [6.45, 7) is 0. The second-order valence-corrected chi connectivity index (χ2v) is 0.951. The Balaban J connectivity index is -0.0000000257. The molecule has 0 aliphatic heterocycles. The minimum atomic E-state index is -1.50. The molecule has 0 atom stereocenters. The summed E-state index contributed by atoms with van der Waals surface area (Å²) in [5.74, 6) is 0. The summed E-state index contributed by atoms with van der Waals surface area (Å²) in [6, 6.07) is 0. The van der Waals surface area contributed by atoms with Gasteiger partial charge in [-0.15, -0.1) is 40.5 Å². The molecule has 6 radical (unpaired) electrons. The summed E-state index contributed by atoms with van der Waals surface area (Å²) in [5.41, 5.74) is 0. The van der Waals surface area contributed by atoms with Crippen molar-refractivity contribution in [2.75, 3.05) is 0 Å². The molecule has 0 amide bonds. The van der Waals surface area contributed by atoms with Crippen LogP contribution in [-0.2, 0) is 0 Å². The zero-order chi connectivity index (χ0) is 14.3. The molecule has 0 bridgehead atoms. The predicted molar refractivity (Wildman–Crippen MR) is 46.6 cm³/mol. The van der Waals surface area contributed by atoms with Crippen LogP contribution in [-0.4, -0.2) is 92.9 Å². The van der Waals surface area contributed by atoms with Crippen LogP contribution in [0.1, 0.15) is 0 Å². The molecule has 0 aromatic carbocycles. The number of hydrogen-bond acceptors (Lipinski definition) is 8. The number of rotatable bonds is 0. The van der Waals surface area contributed by atoms with Gasteiger partial charge in [0.05, 0.1) is 0 Å². The van der Waals surface area contributed by atoms with Gasteiger partial charge >= 0.3 is 0 Å². The molecule has 0 heterocycles. The first-order chi connectivity index (χ1) is 6.93. The zero-order valence-electron chi connectivity index (χ0n) is 8.00. The molecule has 16 nitrogen and oxygen atoms in total. The fourth-order valence-corrected chi connectivity index (χ4v) is 0. The Kier molecular flexibility index (Phi) is 59.1. The molecule has 0 rings (SSSR count). The van der Waals surface area contributed by atoms with Crippen molar-refractivity contribution >= 4 is 51.7 Å². The maximum absolute atomic E-state index is 8.36. The van der Waals surface area contributed by atoms with Gasteiger partial charge in [0.25, 0.3) is 20.3 Å². The molecule has 0 aromatic heterocycles. The van der Waals surface area contributed by atoms with Crippen LogP contribution in [0, 0.1) is 40.5 Å². The Morgan fingerprint density at radius 2 is 0.500 bits per heavy atom. The summed E-state index contributed by atoms with van der Waals surface area (Å²) in [6.07, 6.45) is 0. The summed E-state index contributed by atoms with van der Waals surface area (Å²) in [5, 5.41) is 54.6. The van der Waals surface area contributed by atoms with E-state index in [2.05, 4.69) is 0 Å². The minimum Gasteiger partial charge on any atom is -0.328 e. The fraction of sp³-hybridized carbons (Fsp3) is 0. The van der Waals surface area contributed by atoms with Crippen LogP contribution in [0.15, 0.2) is 0 Å². The van der Waals surface area contributed by atoms with Crippen molar-refractivity contribution < 1.29 is 41.2 Å². The van der Waals surface area contributed by atoms with Gasteiger partial charge in [-0.3, -0.25) is 0 Å². The fourth-order valence-electron chi connectivity index (χ4n) is 0. The molecule has 18 heteroatoms. The first kappa shape index (κ1) is 36.0. The monoisotopic (exact) mass is 482 g/mol. The van der Waals surface area contributed by atoms with Gasteiger partial charge in [-0.2, -0.15) is 0 Å². The molecule has 4 N–H and O–H groups in total. The predicted octanol–water partition coefficient (Wildman–Crippen LogP) is -2.15. The minimum absolute atomic E-state index is 0. The Hall–Kier alpha value is -1.46. The Labute approximate surface area is 133 Å².